The third kappa shape index (κ3) is 2.65. The first-order valence-corrected chi connectivity index (χ1v) is 6.23. The molecule has 0 aromatic rings. The first-order chi connectivity index (χ1) is 8.32. The van der Waals surface area contributed by atoms with Gasteiger partial charge in [0.05, 0.1) is 5.54 Å². The molecule has 18 heavy (non-hydrogen) atoms. The second-order valence-corrected chi connectivity index (χ2v) is 5.08. The van der Waals surface area contributed by atoms with E-state index in [9.17, 15) is 0 Å². The Labute approximate surface area is 111 Å². The number of hydrogen-bond donors (Lipinski definition) is 2. The van der Waals surface area contributed by atoms with Crippen molar-refractivity contribution in [3.8, 4) is 0 Å². The standard InChI is InChI=1S/C16H24N2/c1-8-14(11(2)3)9-13(6)15-10-17-18-16(15,7)12(4)5/h8-10,17-18H,2,4H2,1,3,5-7H3/b13-9+,14-8-. The van der Waals surface area contributed by atoms with E-state index in [-0.39, 0.29) is 5.54 Å². The van der Waals surface area contributed by atoms with Gasteiger partial charge in [0.15, 0.2) is 0 Å². The molecule has 0 spiro atoms. The zero-order chi connectivity index (χ0) is 13.9. The summed E-state index contributed by atoms with van der Waals surface area (Å²) in [6.07, 6.45) is 6.26. The first-order valence-electron chi connectivity index (χ1n) is 6.23. The van der Waals surface area contributed by atoms with Crippen molar-refractivity contribution in [2.24, 2.45) is 0 Å². The summed E-state index contributed by atoms with van der Waals surface area (Å²) in [5.41, 5.74) is 11.9. The Balaban J connectivity index is 3.12. The topological polar surface area (TPSA) is 24.1 Å². The van der Waals surface area contributed by atoms with E-state index in [0.29, 0.717) is 0 Å². The molecular formula is C16H24N2. The highest BCUT2D eigenvalue weighted by molar-refractivity contribution is 5.51. The molecule has 0 aliphatic carbocycles. The van der Waals surface area contributed by atoms with Gasteiger partial charge in [0, 0.05) is 6.20 Å². The molecule has 1 aliphatic rings. The Bertz CT molecular complexity index is 463. The molecule has 1 rings (SSSR count). The highest BCUT2D eigenvalue weighted by atomic mass is 15.4. The van der Waals surface area contributed by atoms with Gasteiger partial charge in [0.25, 0.3) is 0 Å². The van der Waals surface area contributed by atoms with Crippen LogP contribution in [-0.4, -0.2) is 5.54 Å². The molecule has 1 atom stereocenters. The molecule has 0 saturated carbocycles. The third-order valence-corrected chi connectivity index (χ3v) is 3.53. The molecule has 2 heteroatoms. The van der Waals surface area contributed by atoms with Crippen molar-refractivity contribution in [3.63, 3.8) is 0 Å². The van der Waals surface area contributed by atoms with Crippen molar-refractivity contribution in [2.45, 2.75) is 40.2 Å². The number of rotatable bonds is 4. The maximum absolute atomic E-state index is 4.07. The van der Waals surface area contributed by atoms with E-state index in [2.05, 4.69) is 50.0 Å². The predicted molar refractivity (Wildman–Crippen MR) is 79.9 cm³/mol. The van der Waals surface area contributed by atoms with Gasteiger partial charge in [-0.05, 0) is 51.3 Å². The molecule has 0 aromatic carbocycles. The van der Waals surface area contributed by atoms with Crippen molar-refractivity contribution in [2.75, 3.05) is 0 Å². The Morgan fingerprint density at radius 1 is 1.28 bits per heavy atom. The molecule has 2 nitrogen and oxygen atoms in total. The smallest absolute Gasteiger partial charge is 0.0812 e. The van der Waals surface area contributed by atoms with Crippen molar-refractivity contribution >= 4 is 0 Å². The van der Waals surface area contributed by atoms with Crippen LogP contribution in [0.15, 0.2) is 59.4 Å². The molecule has 0 bridgehead atoms. The lowest BCUT2D eigenvalue weighted by molar-refractivity contribution is 0.484. The molecule has 0 fully saturated rings. The fourth-order valence-electron chi connectivity index (χ4n) is 2.07. The highest BCUT2D eigenvalue weighted by Gasteiger charge is 2.33. The monoisotopic (exact) mass is 244 g/mol. The molecule has 1 unspecified atom stereocenters. The normalized spacial score (nSPS) is 24.6. The van der Waals surface area contributed by atoms with Crippen LogP contribution in [0.25, 0.3) is 0 Å². The van der Waals surface area contributed by atoms with Crippen LogP contribution >= 0.6 is 0 Å². The SMILES string of the molecule is C=C(C)C(=C\C)/C=C(\C)C1=CNNC1(C)C(=C)C. The van der Waals surface area contributed by atoms with Crippen LogP contribution in [0, 0.1) is 0 Å². The summed E-state index contributed by atoms with van der Waals surface area (Å²) in [6.45, 7) is 18.4. The van der Waals surface area contributed by atoms with E-state index in [1.54, 1.807) is 0 Å². The summed E-state index contributed by atoms with van der Waals surface area (Å²) < 4.78 is 0. The van der Waals surface area contributed by atoms with E-state index in [1.807, 2.05) is 27.0 Å². The molecule has 0 radical (unpaired) electrons. The van der Waals surface area contributed by atoms with Gasteiger partial charge in [0.1, 0.15) is 0 Å². The Hall–Kier alpha value is -1.54. The van der Waals surface area contributed by atoms with Crippen LogP contribution in [0.4, 0.5) is 0 Å². The van der Waals surface area contributed by atoms with Crippen molar-refractivity contribution in [1.29, 1.82) is 0 Å². The van der Waals surface area contributed by atoms with Crippen LogP contribution < -0.4 is 10.9 Å². The average molecular weight is 244 g/mol. The molecule has 2 N–H and O–H groups in total. The first kappa shape index (κ1) is 14.5. The van der Waals surface area contributed by atoms with Gasteiger partial charge in [-0.25, -0.2) is 5.43 Å². The maximum atomic E-state index is 4.07. The molecule has 0 amide bonds. The van der Waals surface area contributed by atoms with E-state index in [1.165, 1.54) is 16.7 Å². The van der Waals surface area contributed by atoms with Crippen LogP contribution in [0.5, 0.6) is 0 Å². The quantitative estimate of drug-likeness (QED) is 0.581. The minimum Gasteiger partial charge on any atom is -0.327 e. The number of nitrogens with one attached hydrogen (secondary N) is 2. The van der Waals surface area contributed by atoms with E-state index < -0.39 is 0 Å². The van der Waals surface area contributed by atoms with Crippen LogP contribution in [0.3, 0.4) is 0 Å². The second kappa shape index (κ2) is 5.40. The fourth-order valence-corrected chi connectivity index (χ4v) is 2.07. The molecular weight excluding hydrogens is 220 g/mol. The van der Waals surface area contributed by atoms with Crippen molar-refractivity contribution in [1.82, 2.24) is 10.9 Å². The van der Waals surface area contributed by atoms with Gasteiger partial charge in [-0.2, -0.15) is 0 Å². The fraction of sp³-hybridized carbons (Fsp3) is 0.375. The summed E-state index contributed by atoms with van der Waals surface area (Å²) in [5, 5.41) is 0. The Morgan fingerprint density at radius 3 is 2.33 bits per heavy atom. The maximum Gasteiger partial charge on any atom is 0.0812 e. The molecule has 98 valence electrons. The molecule has 1 aliphatic heterocycles. The summed E-state index contributed by atoms with van der Waals surface area (Å²) in [4.78, 5) is 0. The Kier molecular flexibility index (Phi) is 4.36. The number of hydrogen-bond acceptors (Lipinski definition) is 2. The summed E-state index contributed by atoms with van der Waals surface area (Å²) in [5.74, 6) is 0. The highest BCUT2D eigenvalue weighted by Crippen LogP contribution is 2.32. The summed E-state index contributed by atoms with van der Waals surface area (Å²) >= 11 is 0. The van der Waals surface area contributed by atoms with Gasteiger partial charge in [-0.3, -0.25) is 0 Å². The van der Waals surface area contributed by atoms with Gasteiger partial charge in [-0.15, -0.1) is 0 Å². The number of allylic oxidation sites excluding steroid dienone is 4. The largest absolute Gasteiger partial charge is 0.327 e. The lowest BCUT2D eigenvalue weighted by atomic mass is 9.83. The van der Waals surface area contributed by atoms with Gasteiger partial charge >= 0.3 is 0 Å². The molecule has 0 saturated heterocycles. The minimum absolute atomic E-state index is 0.214. The van der Waals surface area contributed by atoms with Gasteiger partial charge < -0.3 is 5.43 Å². The predicted octanol–water partition coefficient (Wildman–Crippen LogP) is 3.78. The lowest BCUT2D eigenvalue weighted by Gasteiger charge is -2.28. The van der Waals surface area contributed by atoms with Crippen molar-refractivity contribution in [3.05, 3.63) is 59.4 Å². The second-order valence-electron chi connectivity index (χ2n) is 5.08. The number of hydrazine groups is 1. The zero-order valence-corrected chi connectivity index (χ0v) is 12.1. The Morgan fingerprint density at radius 2 is 1.89 bits per heavy atom. The lowest BCUT2D eigenvalue weighted by Crippen LogP contribution is -2.44. The molecule has 1 heterocycles. The van der Waals surface area contributed by atoms with Crippen LogP contribution in [0.1, 0.15) is 34.6 Å². The van der Waals surface area contributed by atoms with Crippen LogP contribution in [-0.2, 0) is 0 Å². The van der Waals surface area contributed by atoms with Crippen molar-refractivity contribution < 1.29 is 0 Å². The third-order valence-electron chi connectivity index (χ3n) is 3.53. The van der Waals surface area contributed by atoms with Gasteiger partial charge in [-0.1, -0.05) is 36.5 Å². The summed E-state index contributed by atoms with van der Waals surface area (Å²) in [6, 6.07) is 0. The van der Waals surface area contributed by atoms with E-state index in [4.69, 9.17) is 0 Å². The zero-order valence-electron chi connectivity index (χ0n) is 12.1. The summed E-state index contributed by atoms with van der Waals surface area (Å²) in [7, 11) is 0. The van der Waals surface area contributed by atoms with Gasteiger partial charge in [0.2, 0.25) is 0 Å². The minimum atomic E-state index is -0.214. The van der Waals surface area contributed by atoms with Crippen LogP contribution in [0.2, 0.25) is 0 Å². The molecule has 0 aromatic heterocycles. The average Bonchev–Trinajstić information content (AvgIpc) is 2.69. The van der Waals surface area contributed by atoms with E-state index in [0.717, 1.165) is 11.1 Å². The van der Waals surface area contributed by atoms with E-state index >= 15 is 0 Å².